The van der Waals surface area contributed by atoms with E-state index in [0.717, 1.165) is 12.1 Å². The largest absolute Gasteiger partial charge is 0.314 e. The Labute approximate surface area is 111 Å². The van der Waals surface area contributed by atoms with Crippen LogP contribution in [0.1, 0.15) is 32.1 Å². The lowest BCUT2D eigenvalue weighted by Gasteiger charge is -2.45. The van der Waals surface area contributed by atoms with E-state index in [1.165, 1.54) is 71.4 Å². The molecular formula is C15H27N3. The van der Waals surface area contributed by atoms with Gasteiger partial charge in [-0.25, -0.2) is 0 Å². The SMILES string of the molecule is C1=C/C(N2CCN(C3CNC3)CC2)CCCCC/1. The molecule has 0 saturated carbocycles. The van der Waals surface area contributed by atoms with Crippen LogP contribution in [0, 0.1) is 0 Å². The summed E-state index contributed by atoms with van der Waals surface area (Å²) in [4.78, 5) is 5.39. The van der Waals surface area contributed by atoms with E-state index in [-0.39, 0.29) is 0 Å². The highest BCUT2D eigenvalue weighted by atomic mass is 15.3. The zero-order valence-electron chi connectivity index (χ0n) is 11.5. The van der Waals surface area contributed by atoms with Crippen molar-refractivity contribution >= 4 is 0 Å². The minimum absolute atomic E-state index is 0.729. The first-order chi connectivity index (χ1) is 8.93. The quantitative estimate of drug-likeness (QED) is 0.748. The van der Waals surface area contributed by atoms with E-state index in [2.05, 4.69) is 27.3 Å². The molecular weight excluding hydrogens is 222 g/mol. The van der Waals surface area contributed by atoms with Gasteiger partial charge in [0.05, 0.1) is 0 Å². The first-order valence-corrected chi connectivity index (χ1v) is 7.79. The maximum absolute atomic E-state index is 3.38. The highest BCUT2D eigenvalue weighted by molar-refractivity contribution is 4.98. The maximum atomic E-state index is 3.38. The summed E-state index contributed by atoms with van der Waals surface area (Å²) >= 11 is 0. The summed E-state index contributed by atoms with van der Waals surface area (Å²) in [5, 5.41) is 3.38. The van der Waals surface area contributed by atoms with Crippen molar-refractivity contribution in [2.24, 2.45) is 0 Å². The number of hydrogen-bond acceptors (Lipinski definition) is 3. The molecule has 0 spiro atoms. The number of nitrogens with zero attached hydrogens (tertiary/aromatic N) is 2. The second-order valence-electron chi connectivity index (χ2n) is 6.02. The summed E-state index contributed by atoms with van der Waals surface area (Å²) in [6.07, 6.45) is 11.8. The summed E-state index contributed by atoms with van der Waals surface area (Å²) in [7, 11) is 0. The summed E-state index contributed by atoms with van der Waals surface area (Å²) in [5.74, 6) is 0. The predicted molar refractivity (Wildman–Crippen MR) is 75.8 cm³/mol. The van der Waals surface area contributed by atoms with Crippen LogP contribution >= 0.6 is 0 Å². The van der Waals surface area contributed by atoms with Crippen molar-refractivity contribution in [3.8, 4) is 0 Å². The van der Waals surface area contributed by atoms with Gasteiger partial charge in [0, 0.05) is 51.4 Å². The lowest BCUT2D eigenvalue weighted by atomic mass is 10.0. The topological polar surface area (TPSA) is 18.5 Å². The van der Waals surface area contributed by atoms with Gasteiger partial charge in [-0.15, -0.1) is 0 Å². The van der Waals surface area contributed by atoms with Gasteiger partial charge < -0.3 is 5.32 Å². The molecule has 2 fully saturated rings. The van der Waals surface area contributed by atoms with Gasteiger partial charge in [-0.1, -0.05) is 25.0 Å². The van der Waals surface area contributed by atoms with Gasteiger partial charge in [0.2, 0.25) is 0 Å². The smallest absolute Gasteiger partial charge is 0.0346 e. The number of nitrogens with one attached hydrogen (secondary N) is 1. The van der Waals surface area contributed by atoms with Gasteiger partial charge in [0.1, 0.15) is 0 Å². The molecule has 2 heterocycles. The molecule has 3 aliphatic rings. The van der Waals surface area contributed by atoms with E-state index in [4.69, 9.17) is 0 Å². The van der Waals surface area contributed by atoms with Crippen molar-refractivity contribution in [2.75, 3.05) is 39.3 Å². The summed E-state index contributed by atoms with van der Waals surface area (Å²) in [6.45, 7) is 7.51. The van der Waals surface area contributed by atoms with Crippen LogP contribution < -0.4 is 5.32 Å². The fourth-order valence-electron chi connectivity index (χ4n) is 3.41. The fourth-order valence-corrected chi connectivity index (χ4v) is 3.41. The molecule has 0 amide bonds. The minimum atomic E-state index is 0.729. The van der Waals surface area contributed by atoms with Crippen molar-refractivity contribution in [2.45, 2.75) is 44.2 Å². The second-order valence-corrected chi connectivity index (χ2v) is 6.02. The van der Waals surface area contributed by atoms with E-state index in [0.29, 0.717) is 0 Å². The molecule has 3 rings (SSSR count). The number of hydrogen-bond donors (Lipinski definition) is 1. The van der Waals surface area contributed by atoms with Crippen LogP contribution in [0.2, 0.25) is 0 Å². The van der Waals surface area contributed by atoms with Crippen LogP contribution in [-0.2, 0) is 0 Å². The second kappa shape index (κ2) is 6.18. The lowest BCUT2D eigenvalue weighted by molar-refractivity contribution is 0.0586. The number of allylic oxidation sites excluding steroid dienone is 1. The van der Waals surface area contributed by atoms with Gasteiger partial charge in [0.25, 0.3) is 0 Å². The molecule has 1 atom stereocenters. The predicted octanol–water partition coefficient (Wildman–Crippen LogP) is 1.46. The van der Waals surface area contributed by atoms with E-state index < -0.39 is 0 Å². The number of piperazine rings is 1. The monoisotopic (exact) mass is 249 g/mol. The third kappa shape index (κ3) is 2.95. The molecule has 1 N–H and O–H groups in total. The summed E-state index contributed by atoms with van der Waals surface area (Å²) in [6, 6.07) is 1.56. The lowest BCUT2D eigenvalue weighted by Crippen LogP contribution is -2.62. The van der Waals surface area contributed by atoms with E-state index in [1.807, 2.05) is 0 Å². The van der Waals surface area contributed by atoms with E-state index in [9.17, 15) is 0 Å². The van der Waals surface area contributed by atoms with Crippen LogP contribution in [0.25, 0.3) is 0 Å². The van der Waals surface area contributed by atoms with E-state index in [1.54, 1.807) is 0 Å². The number of rotatable bonds is 2. The van der Waals surface area contributed by atoms with Crippen LogP contribution in [0.3, 0.4) is 0 Å². The molecule has 18 heavy (non-hydrogen) atoms. The van der Waals surface area contributed by atoms with Crippen molar-refractivity contribution in [1.82, 2.24) is 15.1 Å². The zero-order valence-corrected chi connectivity index (χ0v) is 11.5. The molecule has 0 bridgehead atoms. The molecule has 2 aliphatic heterocycles. The third-order valence-electron chi connectivity index (χ3n) is 4.82. The molecule has 3 nitrogen and oxygen atoms in total. The third-order valence-corrected chi connectivity index (χ3v) is 4.82. The Hall–Kier alpha value is -0.380. The van der Waals surface area contributed by atoms with Gasteiger partial charge in [-0.3, -0.25) is 9.80 Å². The summed E-state index contributed by atoms with van der Waals surface area (Å²) < 4.78 is 0. The maximum Gasteiger partial charge on any atom is 0.0346 e. The standard InChI is InChI=1S/C15H27N3/c1-2-4-6-14(7-5-3-1)17-8-10-18(11-9-17)15-12-16-13-15/h4,6,14-16H,1-3,5,7-13H2/b6-4+. The molecule has 0 aromatic heterocycles. The van der Waals surface area contributed by atoms with Crippen molar-refractivity contribution in [3.05, 3.63) is 12.2 Å². The Bertz CT molecular complexity index is 277. The van der Waals surface area contributed by atoms with Gasteiger partial charge in [-0.2, -0.15) is 0 Å². The molecule has 0 aromatic carbocycles. The highest BCUT2D eigenvalue weighted by Crippen LogP contribution is 2.19. The summed E-state index contributed by atoms with van der Waals surface area (Å²) in [5.41, 5.74) is 0. The molecule has 1 aliphatic carbocycles. The Balaban J connectivity index is 1.49. The molecule has 2 saturated heterocycles. The molecule has 0 radical (unpaired) electrons. The van der Waals surface area contributed by atoms with Crippen LogP contribution in [0.5, 0.6) is 0 Å². The normalized spacial score (nSPS) is 34.6. The van der Waals surface area contributed by atoms with Crippen molar-refractivity contribution in [3.63, 3.8) is 0 Å². The molecule has 3 heteroatoms. The zero-order chi connectivity index (χ0) is 12.2. The fraction of sp³-hybridized carbons (Fsp3) is 0.867. The Morgan fingerprint density at radius 1 is 0.889 bits per heavy atom. The van der Waals surface area contributed by atoms with Gasteiger partial charge in [0.15, 0.2) is 0 Å². The van der Waals surface area contributed by atoms with Gasteiger partial charge in [-0.05, 0) is 19.3 Å². The molecule has 1 unspecified atom stereocenters. The average molecular weight is 249 g/mol. The first-order valence-electron chi connectivity index (χ1n) is 7.79. The first kappa shape index (κ1) is 12.6. The van der Waals surface area contributed by atoms with Gasteiger partial charge >= 0.3 is 0 Å². The Morgan fingerprint density at radius 2 is 1.67 bits per heavy atom. The average Bonchev–Trinajstić information content (AvgIpc) is 2.28. The van der Waals surface area contributed by atoms with E-state index >= 15 is 0 Å². The van der Waals surface area contributed by atoms with Crippen LogP contribution in [-0.4, -0.2) is 61.2 Å². The van der Waals surface area contributed by atoms with Crippen LogP contribution in [0.15, 0.2) is 12.2 Å². The van der Waals surface area contributed by atoms with Crippen molar-refractivity contribution < 1.29 is 0 Å². The Kier molecular flexibility index (Phi) is 4.34. The Morgan fingerprint density at radius 3 is 2.39 bits per heavy atom. The molecule has 102 valence electrons. The minimum Gasteiger partial charge on any atom is -0.314 e. The highest BCUT2D eigenvalue weighted by Gasteiger charge is 2.29. The van der Waals surface area contributed by atoms with Crippen LogP contribution in [0.4, 0.5) is 0 Å². The van der Waals surface area contributed by atoms with Crippen molar-refractivity contribution in [1.29, 1.82) is 0 Å². The molecule has 0 aromatic rings.